The minimum atomic E-state index is -0.663. The number of nitriles is 1. The molecule has 1 aromatic heterocycles. The first kappa shape index (κ1) is 15.1. The number of hydrogen-bond acceptors (Lipinski definition) is 4. The monoisotopic (exact) mass is 311 g/mol. The minimum absolute atomic E-state index is 0.151. The molecule has 2 heterocycles. The standard InChI is InChI=1S/C17H14FN3O2/c18-13-3-1-2-11(6-13)16-8-15(22)10-21(16)17(23)12-4-5-20-14(7-12)9-19/h1-7,15-16,22H,8,10H2/t15-,16+/m1/s1. The number of β-amino-alcohol motifs (C(OH)–C–C–N with tert-alkyl or cyclic N) is 1. The van der Waals surface area contributed by atoms with Gasteiger partial charge in [-0.05, 0) is 36.2 Å². The van der Waals surface area contributed by atoms with Gasteiger partial charge in [-0.15, -0.1) is 0 Å². The van der Waals surface area contributed by atoms with E-state index in [1.54, 1.807) is 12.1 Å². The van der Waals surface area contributed by atoms with Crippen molar-refractivity contribution in [3.05, 3.63) is 65.2 Å². The second-order valence-corrected chi connectivity index (χ2v) is 5.46. The van der Waals surface area contributed by atoms with E-state index >= 15 is 0 Å². The van der Waals surface area contributed by atoms with Gasteiger partial charge in [-0.1, -0.05) is 12.1 Å². The summed E-state index contributed by atoms with van der Waals surface area (Å²) in [6.45, 7) is 0.171. The van der Waals surface area contributed by atoms with Gasteiger partial charge in [0, 0.05) is 18.3 Å². The lowest BCUT2D eigenvalue weighted by Crippen LogP contribution is -2.31. The van der Waals surface area contributed by atoms with E-state index in [9.17, 15) is 14.3 Å². The summed E-state index contributed by atoms with van der Waals surface area (Å²) in [4.78, 5) is 18.1. The van der Waals surface area contributed by atoms with Crippen LogP contribution < -0.4 is 0 Å². The van der Waals surface area contributed by atoms with Crippen molar-refractivity contribution < 1.29 is 14.3 Å². The lowest BCUT2D eigenvalue weighted by atomic mass is 10.0. The first-order valence-electron chi connectivity index (χ1n) is 7.19. The summed E-state index contributed by atoms with van der Waals surface area (Å²) in [7, 11) is 0. The molecule has 1 aliphatic heterocycles. The zero-order valence-electron chi connectivity index (χ0n) is 12.2. The highest BCUT2D eigenvalue weighted by atomic mass is 19.1. The number of halogens is 1. The highest BCUT2D eigenvalue weighted by Crippen LogP contribution is 2.33. The maximum Gasteiger partial charge on any atom is 0.254 e. The molecule has 1 aliphatic rings. The number of carbonyl (C=O) groups is 1. The number of rotatable bonds is 2. The third-order valence-electron chi connectivity index (χ3n) is 3.89. The Balaban J connectivity index is 1.93. The summed E-state index contributed by atoms with van der Waals surface area (Å²) in [6.07, 6.45) is 1.09. The molecule has 0 saturated carbocycles. The molecule has 1 saturated heterocycles. The molecule has 1 amide bonds. The Morgan fingerprint density at radius 2 is 2.22 bits per heavy atom. The molecule has 5 nitrogen and oxygen atoms in total. The van der Waals surface area contributed by atoms with E-state index in [0.29, 0.717) is 17.5 Å². The van der Waals surface area contributed by atoms with Gasteiger partial charge in [-0.3, -0.25) is 4.79 Å². The van der Waals surface area contributed by atoms with Crippen molar-refractivity contribution in [3.63, 3.8) is 0 Å². The van der Waals surface area contributed by atoms with E-state index in [-0.39, 0.29) is 24.0 Å². The highest BCUT2D eigenvalue weighted by Gasteiger charge is 2.35. The minimum Gasteiger partial charge on any atom is -0.391 e. The number of benzene rings is 1. The van der Waals surface area contributed by atoms with Crippen molar-refractivity contribution >= 4 is 5.91 Å². The van der Waals surface area contributed by atoms with Crippen molar-refractivity contribution in [2.45, 2.75) is 18.6 Å². The summed E-state index contributed by atoms with van der Waals surface area (Å²) in [5.74, 6) is -0.693. The third-order valence-corrected chi connectivity index (χ3v) is 3.89. The maximum atomic E-state index is 13.5. The molecule has 0 radical (unpaired) electrons. The van der Waals surface area contributed by atoms with Crippen molar-refractivity contribution in [1.29, 1.82) is 5.26 Å². The number of aliphatic hydroxyl groups is 1. The SMILES string of the molecule is N#Cc1cc(C(=O)N2C[C@H](O)C[C@H]2c2cccc(F)c2)ccn1. The Hall–Kier alpha value is -2.78. The zero-order chi connectivity index (χ0) is 16.4. The number of amides is 1. The Morgan fingerprint density at radius 1 is 1.39 bits per heavy atom. The maximum absolute atomic E-state index is 13.5. The van der Waals surface area contributed by atoms with Gasteiger partial charge < -0.3 is 10.0 Å². The van der Waals surface area contributed by atoms with Gasteiger partial charge in [0.15, 0.2) is 0 Å². The molecule has 2 atom stereocenters. The van der Waals surface area contributed by atoms with Gasteiger partial charge in [0.1, 0.15) is 17.6 Å². The molecule has 0 unspecified atom stereocenters. The van der Waals surface area contributed by atoms with E-state index in [2.05, 4.69) is 4.98 Å². The molecule has 2 aromatic rings. The van der Waals surface area contributed by atoms with Crippen LogP contribution in [0.15, 0.2) is 42.6 Å². The Labute approximate surface area is 132 Å². The van der Waals surface area contributed by atoms with Crippen LogP contribution in [-0.2, 0) is 0 Å². The molecular formula is C17H14FN3O2. The topological polar surface area (TPSA) is 77.2 Å². The van der Waals surface area contributed by atoms with Crippen molar-refractivity contribution in [3.8, 4) is 6.07 Å². The molecule has 116 valence electrons. The average molecular weight is 311 g/mol. The predicted molar refractivity (Wildman–Crippen MR) is 79.8 cm³/mol. The first-order chi connectivity index (χ1) is 11.1. The number of likely N-dealkylation sites (tertiary alicyclic amines) is 1. The Morgan fingerprint density at radius 3 is 2.96 bits per heavy atom. The second kappa shape index (κ2) is 6.15. The number of pyridine rings is 1. The molecular weight excluding hydrogens is 297 g/mol. The molecule has 1 fully saturated rings. The first-order valence-corrected chi connectivity index (χ1v) is 7.19. The fourth-order valence-corrected chi connectivity index (χ4v) is 2.86. The van der Waals surface area contributed by atoms with Gasteiger partial charge in [0.05, 0.1) is 12.1 Å². The van der Waals surface area contributed by atoms with Crippen molar-refractivity contribution in [2.75, 3.05) is 6.54 Å². The van der Waals surface area contributed by atoms with E-state index in [4.69, 9.17) is 5.26 Å². The second-order valence-electron chi connectivity index (χ2n) is 5.46. The van der Waals surface area contributed by atoms with Crippen LogP contribution in [0.2, 0.25) is 0 Å². The summed E-state index contributed by atoms with van der Waals surface area (Å²) < 4.78 is 13.5. The molecule has 0 bridgehead atoms. The van der Waals surface area contributed by atoms with Gasteiger partial charge >= 0.3 is 0 Å². The molecule has 1 N–H and O–H groups in total. The Kier molecular flexibility index (Phi) is 4.04. The van der Waals surface area contributed by atoms with E-state index in [0.717, 1.165) is 0 Å². The number of aliphatic hydroxyl groups excluding tert-OH is 1. The quantitative estimate of drug-likeness (QED) is 0.920. The number of carbonyl (C=O) groups excluding carboxylic acids is 1. The molecule has 0 aliphatic carbocycles. The van der Waals surface area contributed by atoms with Crippen LogP contribution >= 0.6 is 0 Å². The number of aromatic nitrogens is 1. The largest absolute Gasteiger partial charge is 0.391 e. The highest BCUT2D eigenvalue weighted by molar-refractivity contribution is 5.94. The van der Waals surface area contributed by atoms with E-state index in [1.807, 2.05) is 6.07 Å². The third kappa shape index (κ3) is 3.05. The predicted octanol–water partition coefficient (Wildman–Crippen LogP) is 2.04. The van der Waals surface area contributed by atoms with Crippen molar-refractivity contribution in [1.82, 2.24) is 9.88 Å². The molecule has 6 heteroatoms. The summed E-state index contributed by atoms with van der Waals surface area (Å²) in [6, 6.07) is 10.5. The van der Waals surface area contributed by atoms with Crippen LogP contribution in [0.4, 0.5) is 4.39 Å². The van der Waals surface area contributed by atoms with Crippen LogP contribution in [0.5, 0.6) is 0 Å². The lowest BCUT2D eigenvalue weighted by molar-refractivity contribution is 0.0715. The van der Waals surface area contributed by atoms with Crippen molar-refractivity contribution in [2.24, 2.45) is 0 Å². The molecule has 23 heavy (non-hydrogen) atoms. The van der Waals surface area contributed by atoms with E-state index < -0.39 is 12.1 Å². The average Bonchev–Trinajstić information content (AvgIpc) is 2.96. The van der Waals surface area contributed by atoms with Crippen LogP contribution in [0.3, 0.4) is 0 Å². The Bertz CT molecular complexity index is 787. The molecule has 1 aromatic carbocycles. The fraction of sp³-hybridized carbons (Fsp3) is 0.235. The van der Waals surface area contributed by atoms with E-state index in [1.165, 1.54) is 35.4 Å². The molecule has 0 spiro atoms. The van der Waals surface area contributed by atoms with Crippen LogP contribution in [0.25, 0.3) is 0 Å². The number of nitrogens with zero attached hydrogens (tertiary/aromatic N) is 3. The van der Waals surface area contributed by atoms with Gasteiger partial charge in [-0.25, -0.2) is 9.37 Å². The van der Waals surface area contributed by atoms with Crippen LogP contribution in [0.1, 0.15) is 34.1 Å². The van der Waals surface area contributed by atoms with Gasteiger partial charge in [-0.2, -0.15) is 5.26 Å². The lowest BCUT2D eigenvalue weighted by Gasteiger charge is -2.25. The summed E-state index contributed by atoms with van der Waals surface area (Å²) in [5, 5.41) is 18.8. The summed E-state index contributed by atoms with van der Waals surface area (Å²) in [5.41, 5.74) is 1.12. The van der Waals surface area contributed by atoms with Crippen LogP contribution in [0, 0.1) is 17.1 Å². The van der Waals surface area contributed by atoms with Crippen LogP contribution in [-0.4, -0.2) is 33.5 Å². The van der Waals surface area contributed by atoms with Gasteiger partial charge in [0.25, 0.3) is 5.91 Å². The normalized spacial score (nSPS) is 20.3. The molecule has 3 rings (SSSR count). The zero-order valence-corrected chi connectivity index (χ0v) is 12.2. The number of hydrogen-bond donors (Lipinski definition) is 1. The fourth-order valence-electron chi connectivity index (χ4n) is 2.86. The summed E-state index contributed by atoms with van der Waals surface area (Å²) >= 11 is 0. The smallest absolute Gasteiger partial charge is 0.254 e. The van der Waals surface area contributed by atoms with Gasteiger partial charge in [0.2, 0.25) is 0 Å².